The number of anilines is 1. The van der Waals surface area contributed by atoms with Crippen molar-refractivity contribution in [2.24, 2.45) is 0 Å². The zero-order chi connectivity index (χ0) is 31.9. The minimum atomic E-state index is -1.26. The standard InChI is InChI=1S/C23H19NO4.C14H13NO2/c25-21-13-12-19(15-20(21)23(27)28)24(16-18-9-5-2-6-10-18)22(26)14-11-17-7-3-1-4-8-17;16-11-15-10-12-6-8-14(9-7-12)17-13-4-2-1-3-5-13/h1-15,25H,16H2,(H,27,28);1-9,11H,10H2,(H,15,16)/b14-11+;. The number of carboxylic acid groups (broad SMARTS) is 1. The summed E-state index contributed by atoms with van der Waals surface area (Å²) in [5.74, 6) is -0.304. The van der Waals surface area contributed by atoms with E-state index in [1.54, 1.807) is 6.08 Å². The number of hydrogen-bond donors (Lipinski definition) is 3. The van der Waals surface area contributed by atoms with Gasteiger partial charge in [-0.1, -0.05) is 91.0 Å². The molecule has 8 heteroatoms. The van der Waals surface area contributed by atoms with E-state index in [9.17, 15) is 24.6 Å². The molecule has 3 N–H and O–H groups in total. The van der Waals surface area contributed by atoms with E-state index in [-0.39, 0.29) is 23.8 Å². The highest BCUT2D eigenvalue weighted by molar-refractivity contribution is 6.04. The Kier molecular flexibility index (Phi) is 11.6. The van der Waals surface area contributed by atoms with E-state index in [2.05, 4.69) is 5.32 Å². The summed E-state index contributed by atoms with van der Waals surface area (Å²) in [6, 6.07) is 40.2. The lowest BCUT2D eigenvalue weighted by molar-refractivity contribution is -0.114. The second kappa shape index (κ2) is 16.5. The second-order valence-corrected chi connectivity index (χ2v) is 9.72. The third-order valence-corrected chi connectivity index (χ3v) is 6.48. The van der Waals surface area contributed by atoms with E-state index < -0.39 is 5.97 Å². The lowest BCUT2D eigenvalue weighted by Crippen LogP contribution is -2.28. The third-order valence-electron chi connectivity index (χ3n) is 6.48. The number of benzene rings is 5. The number of nitrogens with one attached hydrogen (secondary N) is 1. The Labute approximate surface area is 261 Å². The van der Waals surface area contributed by atoms with Gasteiger partial charge < -0.3 is 25.2 Å². The first-order valence-corrected chi connectivity index (χ1v) is 14.1. The Morgan fingerprint density at radius 1 is 0.733 bits per heavy atom. The molecular weight excluding hydrogens is 568 g/mol. The SMILES string of the molecule is O=C(O)c1cc(N(Cc2ccccc2)C(=O)/C=C/c2ccccc2)ccc1O.O=CNCc1ccc(Oc2ccccc2)cc1. The van der Waals surface area contributed by atoms with Crippen LogP contribution in [0, 0.1) is 0 Å². The van der Waals surface area contributed by atoms with Crippen LogP contribution in [0.3, 0.4) is 0 Å². The van der Waals surface area contributed by atoms with Gasteiger partial charge >= 0.3 is 5.97 Å². The highest BCUT2D eigenvalue weighted by Crippen LogP contribution is 2.26. The van der Waals surface area contributed by atoms with E-state index in [0.29, 0.717) is 18.6 Å². The van der Waals surface area contributed by atoms with Gasteiger partial charge in [-0.05, 0) is 65.2 Å². The molecule has 0 saturated carbocycles. The highest BCUT2D eigenvalue weighted by Gasteiger charge is 2.18. The van der Waals surface area contributed by atoms with Gasteiger partial charge in [-0.2, -0.15) is 0 Å². The van der Waals surface area contributed by atoms with Crippen molar-refractivity contribution in [3.63, 3.8) is 0 Å². The molecule has 0 heterocycles. The number of rotatable bonds is 11. The number of ether oxygens (including phenoxy) is 1. The Morgan fingerprint density at radius 3 is 1.96 bits per heavy atom. The van der Waals surface area contributed by atoms with E-state index in [1.165, 1.54) is 29.2 Å². The van der Waals surface area contributed by atoms with E-state index >= 15 is 0 Å². The smallest absolute Gasteiger partial charge is 0.339 e. The van der Waals surface area contributed by atoms with Crippen LogP contribution in [-0.4, -0.2) is 28.5 Å². The summed E-state index contributed by atoms with van der Waals surface area (Å²) < 4.78 is 5.65. The van der Waals surface area contributed by atoms with Gasteiger partial charge in [0.15, 0.2) is 0 Å². The van der Waals surface area contributed by atoms with Crippen molar-refractivity contribution in [1.29, 1.82) is 0 Å². The molecule has 0 radical (unpaired) electrons. The summed E-state index contributed by atoms with van der Waals surface area (Å²) in [4.78, 5) is 35.9. The molecule has 0 atom stereocenters. The van der Waals surface area contributed by atoms with Crippen LogP contribution in [-0.2, 0) is 22.7 Å². The van der Waals surface area contributed by atoms with Crippen LogP contribution in [0.25, 0.3) is 6.08 Å². The summed E-state index contributed by atoms with van der Waals surface area (Å²) in [6.45, 7) is 0.803. The molecule has 8 nitrogen and oxygen atoms in total. The molecule has 2 amide bonds. The third kappa shape index (κ3) is 9.97. The number of phenols is 1. The monoisotopic (exact) mass is 600 g/mol. The molecule has 0 unspecified atom stereocenters. The molecule has 0 aliphatic carbocycles. The first-order valence-electron chi connectivity index (χ1n) is 14.1. The predicted molar refractivity (Wildman–Crippen MR) is 174 cm³/mol. The minimum absolute atomic E-state index is 0.254. The topological polar surface area (TPSA) is 116 Å². The van der Waals surface area contributed by atoms with Gasteiger partial charge in [-0.25, -0.2) is 4.79 Å². The highest BCUT2D eigenvalue weighted by atomic mass is 16.5. The maximum Gasteiger partial charge on any atom is 0.339 e. The number of aromatic hydroxyl groups is 1. The molecule has 45 heavy (non-hydrogen) atoms. The van der Waals surface area contributed by atoms with Crippen molar-refractivity contribution in [1.82, 2.24) is 5.32 Å². The summed E-state index contributed by atoms with van der Waals surface area (Å²) >= 11 is 0. The quantitative estimate of drug-likeness (QED) is 0.110. The van der Waals surface area contributed by atoms with Crippen molar-refractivity contribution in [3.05, 3.63) is 162 Å². The molecule has 0 aromatic heterocycles. The lowest BCUT2D eigenvalue weighted by Gasteiger charge is -2.22. The molecule has 0 aliphatic rings. The van der Waals surface area contributed by atoms with Crippen molar-refractivity contribution in [3.8, 4) is 17.2 Å². The zero-order valence-corrected chi connectivity index (χ0v) is 24.3. The number of carbonyl (C=O) groups excluding carboxylic acids is 2. The summed E-state index contributed by atoms with van der Waals surface area (Å²) in [6.07, 6.45) is 3.85. The molecule has 5 aromatic rings. The maximum atomic E-state index is 12.9. The fourth-order valence-corrected chi connectivity index (χ4v) is 4.21. The molecular formula is C37H32N2O6. The first kappa shape index (κ1) is 31.8. The van der Waals surface area contributed by atoms with Crippen LogP contribution in [0.5, 0.6) is 17.2 Å². The predicted octanol–water partition coefficient (Wildman–Crippen LogP) is 7.06. The number of para-hydroxylation sites is 1. The summed E-state index contributed by atoms with van der Waals surface area (Å²) in [5, 5.41) is 21.7. The number of amides is 2. The number of aromatic carboxylic acids is 1. The van der Waals surface area contributed by atoms with Crippen molar-refractivity contribution in [2.45, 2.75) is 13.1 Å². The number of hydrogen-bond acceptors (Lipinski definition) is 5. The van der Waals surface area contributed by atoms with Gasteiger partial charge in [0.25, 0.3) is 5.91 Å². The Morgan fingerprint density at radius 2 is 1.33 bits per heavy atom. The minimum Gasteiger partial charge on any atom is -0.507 e. The molecule has 0 aliphatic heterocycles. The van der Waals surface area contributed by atoms with Gasteiger partial charge in [0.2, 0.25) is 6.41 Å². The largest absolute Gasteiger partial charge is 0.507 e. The van der Waals surface area contributed by atoms with Crippen LogP contribution >= 0.6 is 0 Å². The zero-order valence-electron chi connectivity index (χ0n) is 24.3. The number of nitrogens with zero attached hydrogens (tertiary/aromatic N) is 1. The number of carbonyl (C=O) groups is 3. The van der Waals surface area contributed by atoms with Crippen molar-refractivity contribution >= 4 is 30.0 Å². The summed E-state index contributed by atoms with van der Waals surface area (Å²) in [5.41, 5.74) is 2.95. The van der Waals surface area contributed by atoms with E-state index in [4.69, 9.17) is 4.74 Å². The average molecular weight is 601 g/mol. The molecule has 5 rings (SSSR count). The fraction of sp³-hybridized carbons (Fsp3) is 0.0541. The van der Waals surface area contributed by atoms with Crippen molar-refractivity contribution in [2.75, 3.05) is 4.90 Å². The molecule has 0 bridgehead atoms. The summed E-state index contributed by atoms with van der Waals surface area (Å²) in [7, 11) is 0. The van der Waals surface area contributed by atoms with Crippen molar-refractivity contribution < 1.29 is 29.3 Å². The Hall–Kier alpha value is -6.15. The van der Waals surface area contributed by atoms with Crippen LogP contribution in [0.1, 0.15) is 27.0 Å². The molecule has 0 fully saturated rings. The van der Waals surface area contributed by atoms with Crippen LogP contribution in [0.15, 0.2) is 140 Å². The van der Waals surface area contributed by atoms with Gasteiger partial charge in [0, 0.05) is 18.3 Å². The first-order chi connectivity index (χ1) is 21.9. The Balaban J connectivity index is 0.000000231. The van der Waals surface area contributed by atoms with E-state index in [1.807, 2.05) is 115 Å². The van der Waals surface area contributed by atoms with Gasteiger partial charge in [-0.15, -0.1) is 0 Å². The van der Waals surface area contributed by atoms with Gasteiger partial charge in [-0.3, -0.25) is 9.59 Å². The molecule has 0 spiro atoms. The van der Waals surface area contributed by atoms with Crippen LogP contribution in [0.4, 0.5) is 5.69 Å². The van der Waals surface area contributed by atoms with Gasteiger partial charge in [0.05, 0.1) is 6.54 Å². The number of carboxylic acids is 1. The van der Waals surface area contributed by atoms with Crippen LogP contribution < -0.4 is 15.0 Å². The molecule has 226 valence electrons. The lowest BCUT2D eigenvalue weighted by atomic mass is 10.1. The van der Waals surface area contributed by atoms with Gasteiger partial charge in [0.1, 0.15) is 22.8 Å². The van der Waals surface area contributed by atoms with E-state index in [0.717, 1.165) is 28.2 Å². The molecule has 5 aromatic carbocycles. The molecule has 0 saturated heterocycles. The second-order valence-electron chi connectivity index (χ2n) is 9.72. The van der Waals surface area contributed by atoms with Crippen LogP contribution in [0.2, 0.25) is 0 Å². The fourth-order valence-electron chi connectivity index (χ4n) is 4.21. The Bertz CT molecular complexity index is 1710. The average Bonchev–Trinajstić information content (AvgIpc) is 3.08. The maximum absolute atomic E-state index is 12.9. The normalized spacial score (nSPS) is 10.3.